The number of amides is 2. The van der Waals surface area contributed by atoms with Gasteiger partial charge in [-0.1, -0.05) is 30.8 Å². The molecule has 0 radical (unpaired) electrons. The van der Waals surface area contributed by atoms with Gasteiger partial charge >= 0.3 is 0 Å². The number of benzene rings is 1. The van der Waals surface area contributed by atoms with Crippen LogP contribution in [0.25, 0.3) is 10.2 Å². The van der Waals surface area contributed by atoms with Gasteiger partial charge in [-0.25, -0.2) is 4.98 Å². The van der Waals surface area contributed by atoms with Crippen molar-refractivity contribution in [2.24, 2.45) is 0 Å². The number of rotatable bonds is 7. The third-order valence-electron chi connectivity index (χ3n) is 6.22. The van der Waals surface area contributed by atoms with Gasteiger partial charge in [0.15, 0.2) is 5.16 Å². The molecule has 2 amide bonds. The summed E-state index contributed by atoms with van der Waals surface area (Å²) in [4.78, 5) is 46.6. The third kappa shape index (κ3) is 4.96. The molecule has 3 aromatic heterocycles. The van der Waals surface area contributed by atoms with E-state index in [2.05, 4.69) is 12.2 Å². The van der Waals surface area contributed by atoms with Gasteiger partial charge in [-0.15, -0.1) is 11.3 Å². The Morgan fingerprint density at radius 2 is 2.11 bits per heavy atom. The normalized spacial score (nSPS) is 13.1. The van der Waals surface area contributed by atoms with Crippen LogP contribution in [0.4, 0.5) is 5.69 Å². The summed E-state index contributed by atoms with van der Waals surface area (Å²) >= 11 is 2.68. The molecule has 5 rings (SSSR count). The van der Waals surface area contributed by atoms with Gasteiger partial charge in [-0.2, -0.15) is 0 Å². The van der Waals surface area contributed by atoms with Crippen molar-refractivity contribution in [2.45, 2.75) is 44.9 Å². The van der Waals surface area contributed by atoms with Gasteiger partial charge in [0, 0.05) is 24.0 Å². The van der Waals surface area contributed by atoms with Crippen LogP contribution in [0, 0.1) is 0 Å². The van der Waals surface area contributed by atoms with Gasteiger partial charge in [0.05, 0.1) is 30.5 Å². The van der Waals surface area contributed by atoms with Gasteiger partial charge in [0.2, 0.25) is 11.8 Å². The first-order valence-corrected chi connectivity index (χ1v) is 13.6. The smallest absolute Gasteiger partial charge is 0.263 e. The minimum absolute atomic E-state index is 0.0213. The number of carbonyl (C=O) groups is 2. The summed E-state index contributed by atoms with van der Waals surface area (Å²) in [5.41, 5.74) is 2.72. The molecule has 10 heteroatoms. The lowest BCUT2D eigenvalue weighted by molar-refractivity contribution is -0.129. The zero-order valence-electron chi connectivity index (χ0n) is 20.1. The Bertz CT molecular complexity index is 1490. The number of anilines is 1. The number of fused-ring (bicyclic) bond motifs is 3. The van der Waals surface area contributed by atoms with Crippen molar-refractivity contribution in [3.05, 3.63) is 74.8 Å². The van der Waals surface area contributed by atoms with Crippen molar-refractivity contribution in [1.82, 2.24) is 14.5 Å². The predicted molar refractivity (Wildman–Crippen MR) is 142 cm³/mol. The summed E-state index contributed by atoms with van der Waals surface area (Å²) in [6, 6.07) is 11.3. The Morgan fingerprint density at radius 1 is 1.25 bits per heavy atom. The predicted octanol–water partition coefficient (Wildman–Crippen LogP) is 4.30. The van der Waals surface area contributed by atoms with Crippen molar-refractivity contribution in [2.75, 3.05) is 17.6 Å². The highest BCUT2D eigenvalue weighted by atomic mass is 32.2. The molecule has 0 saturated heterocycles. The highest BCUT2D eigenvalue weighted by Crippen LogP contribution is 2.34. The molecule has 0 saturated carbocycles. The molecule has 0 atom stereocenters. The molecule has 8 nitrogen and oxygen atoms in total. The topological polar surface area (TPSA) is 97.4 Å². The molecular formula is C26H26N4O4S2. The molecule has 0 fully saturated rings. The number of hydrogen-bond donors (Lipinski definition) is 1. The molecule has 0 bridgehead atoms. The number of hydrogen-bond acceptors (Lipinski definition) is 7. The van der Waals surface area contributed by atoms with Gasteiger partial charge in [0.25, 0.3) is 5.56 Å². The summed E-state index contributed by atoms with van der Waals surface area (Å²) < 4.78 is 7.09. The Labute approximate surface area is 216 Å². The van der Waals surface area contributed by atoms with Crippen LogP contribution >= 0.6 is 23.1 Å². The first-order valence-electron chi connectivity index (χ1n) is 11.8. The fourth-order valence-electron chi connectivity index (χ4n) is 4.33. The maximum absolute atomic E-state index is 13.7. The van der Waals surface area contributed by atoms with Crippen molar-refractivity contribution in [3.63, 3.8) is 0 Å². The quantitative estimate of drug-likeness (QED) is 0.287. The first kappa shape index (κ1) is 24.3. The van der Waals surface area contributed by atoms with Crippen molar-refractivity contribution in [3.8, 4) is 0 Å². The molecule has 1 aliphatic heterocycles. The average Bonchev–Trinajstić information content (AvgIpc) is 3.51. The van der Waals surface area contributed by atoms with Gasteiger partial charge in [-0.3, -0.25) is 19.0 Å². The summed E-state index contributed by atoms with van der Waals surface area (Å²) in [6.45, 7) is 4.93. The molecule has 36 heavy (non-hydrogen) atoms. The number of thiophene rings is 1. The zero-order chi connectivity index (χ0) is 25.2. The van der Waals surface area contributed by atoms with Crippen LogP contribution in [0.2, 0.25) is 0 Å². The second-order valence-electron chi connectivity index (χ2n) is 8.63. The van der Waals surface area contributed by atoms with Crippen LogP contribution in [0.5, 0.6) is 0 Å². The highest BCUT2D eigenvalue weighted by molar-refractivity contribution is 7.99. The van der Waals surface area contributed by atoms with E-state index < -0.39 is 0 Å². The lowest BCUT2D eigenvalue weighted by Crippen LogP contribution is -2.34. The fourth-order valence-corrected chi connectivity index (χ4v) is 6.41. The summed E-state index contributed by atoms with van der Waals surface area (Å²) in [7, 11) is 0. The largest absolute Gasteiger partial charge is 0.467 e. The highest BCUT2D eigenvalue weighted by Gasteiger charge is 2.26. The molecule has 0 unspecified atom stereocenters. The van der Waals surface area contributed by atoms with E-state index in [0.717, 1.165) is 28.1 Å². The number of nitrogens with zero attached hydrogens (tertiary/aromatic N) is 3. The van der Waals surface area contributed by atoms with E-state index >= 15 is 0 Å². The van der Waals surface area contributed by atoms with E-state index in [1.165, 1.54) is 23.1 Å². The van der Waals surface area contributed by atoms with Crippen LogP contribution in [-0.4, -0.2) is 38.6 Å². The maximum Gasteiger partial charge on any atom is 0.263 e. The number of carbonyl (C=O) groups excluding carboxylic acids is 2. The third-order valence-corrected chi connectivity index (χ3v) is 8.30. The standard InChI is InChI=1S/C26H26N4O4S2/c1-3-17-6-4-7-18(12-17)27-22(32)15-35-26-28-24-23(25(33)30(26)13-19-8-5-11-34-19)20-9-10-29(16(2)31)14-21(20)36-24/h4-8,11-12H,3,9-10,13-15H2,1-2H3,(H,27,32). The number of nitrogens with one attached hydrogen (secondary N) is 1. The van der Waals surface area contributed by atoms with E-state index in [4.69, 9.17) is 9.40 Å². The van der Waals surface area contributed by atoms with Gasteiger partial charge in [0.1, 0.15) is 10.6 Å². The minimum atomic E-state index is -0.172. The van der Waals surface area contributed by atoms with E-state index in [1.807, 2.05) is 30.3 Å². The van der Waals surface area contributed by atoms with Crippen LogP contribution in [0.3, 0.4) is 0 Å². The lowest BCUT2D eigenvalue weighted by atomic mass is 10.1. The van der Waals surface area contributed by atoms with E-state index in [-0.39, 0.29) is 29.7 Å². The van der Waals surface area contributed by atoms with Gasteiger partial charge < -0.3 is 14.6 Å². The fraction of sp³-hybridized carbons (Fsp3) is 0.308. The molecule has 186 valence electrons. The average molecular weight is 523 g/mol. The minimum Gasteiger partial charge on any atom is -0.467 e. The second-order valence-corrected chi connectivity index (χ2v) is 10.7. The molecule has 1 aromatic carbocycles. The Morgan fingerprint density at radius 3 is 2.86 bits per heavy atom. The van der Waals surface area contributed by atoms with Crippen molar-refractivity contribution in [1.29, 1.82) is 0 Å². The van der Waals surface area contributed by atoms with Crippen molar-refractivity contribution < 1.29 is 14.0 Å². The number of thioether (sulfide) groups is 1. The SMILES string of the molecule is CCc1cccc(NC(=O)CSc2nc3sc4c(c3c(=O)n2Cc2ccco2)CCN(C(C)=O)C4)c1. The van der Waals surface area contributed by atoms with E-state index in [0.29, 0.717) is 40.6 Å². The molecule has 0 aliphatic carbocycles. The Hall–Kier alpha value is -3.37. The van der Waals surface area contributed by atoms with Crippen LogP contribution in [0.15, 0.2) is 57.0 Å². The summed E-state index contributed by atoms with van der Waals surface area (Å²) in [5.74, 6) is 0.589. The Balaban J connectivity index is 1.45. The van der Waals surface area contributed by atoms with Gasteiger partial charge in [-0.05, 0) is 48.2 Å². The summed E-state index contributed by atoms with van der Waals surface area (Å²) in [5, 5.41) is 4.00. The molecule has 0 spiro atoms. The molecule has 4 heterocycles. The molecule has 1 aliphatic rings. The van der Waals surface area contributed by atoms with Crippen LogP contribution in [0.1, 0.15) is 35.6 Å². The zero-order valence-corrected chi connectivity index (χ0v) is 21.7. The number of aromatic nitrogens is 2. The maximum atomic E-state index is 13.7. The summed E-state index contributed by atoms with van der Waals surface area (Å²) in [6.07, 6.45) is 3.08. The first-order chi connectivity index (χ1) is 17.4. The second kappa shape index (κ2) is 10.3. The molecule has 4 aromatic rings. The molecular weight excluding hydrogens is 496 g/mol. The number of aryl methyl sites for hydroxylation is 1. The van der Waals surface area contributed by atoms with Crippen LogP contribution < -0.4 is 10.9 Å². The monoisotopic (exact) mass is 522 g/mol. The van der Waals surface area contributed by atoms with E-state index in [1.54, 1.807) is 28.7 Å². The lowest BCUT2D eigenvalue weighted by Gasteiger charge is -2.25. The number of furan rings is 1. The Kier molecular flexibility index (Phi) is 6.97. The molecule has 1 N–H and O–H groups in total. The van der Waals surface area contributed by atoms with E-state index in [9.17, 15) is 14.4 Å². The van der Waals surface area contributed by atoms with Crippen LogP contribution in [-0.2, 0) is 35.5 Å². The van der Waals surface area contributed by atoms with Crippen molar-refractivity contribution >= 4 is 50.8 Å².